The van der Waals surface area contributed by atoms with Gasteiger partial charge in [-0.2, -0.15) is 5.10 Å². The third-order valence-corrected chi connectivity index (χ3v) is 3.96. The number of amides is 2. The van der Waals surface area contributed by atoms with Gasteiger partial charge in [-0.25, -0.2) is 14.5 Å². The van der Waals surface area contributed by atoms with E-state index in [1.807, 2.05) is 24.3 Å². The van der Waals surface area contributed by atoms with E-state index >= 15 is 0 Å². The number of nitrogens with zero attached hydrogens (tertiary/aromatic N) is 3. The summed E-state index contributed by atoms with van der Waals surface area (Å²) >= 11 is 0. The Morgan fingerprint density at radius 3 is 2.96 bits per heavy atom. The van der Waals surface area contributed by atoms with Gasteiger partial charge in [0, 0.05) is 25.0 Å². The van der Waals surface area contributed by atoms with Crippen LogP contribution in [0.25, 0.3) is 5.82 Å². The molecule has 3 heterocycles. The minimum Gasteiger partial charge on any atom is -0.488 e. The summed E-state index contributed by atoms with van der Waals surface area (Å²) in [4.78, 5) is 16.5. The number of rotatable bonds is 4. The van der Waals surface area contributed by atoms with E-state index < -0.39 is 0 Å². The number of carbonyl (C=O) groups excluding carboxylic acids is 1. The lowest BCUT2D eigenvalue weighted by Gasteiger charge is -2.14. The van der Waals surface area contributed by atoms with Crippen LogP contribution in [0.3, 0.4) is 0 Å². The van der Waals surface area contributed by atoms with Crippen molar-refractivity contribution in [3.05, 3.63) is 66.6 Å². The fraction of sp³-hybridized carbons (Fsp3) is 0.167. The van der Waals surface area contributed by atoms with Gasteiger partial charge in [-0.15, -0.1) is 0 Å². The third kappa shape index (κ3) is 3.30. The van der Waals surface area contributed by atoms with Gasteiger partial charge in [0.05, 0.1) is 12.2 Å². The minimum absolute atomic E-state index is 0.0531. The molecule has 0 aliphatic carbocycles. The number of para-hydroxylation sites is 1. The molecule has 0 fully saturated rings. The summed E-state index contributed by atoms with van der Waals surface area (Å²) in [6.45, 7) is 0.428. The average molecular weight is 335 g/mol. The number of anilines is 1. The highest BCUT2D eigenvalue weighted by molar-refractivity contribution is 5.91. The van der Waals surface area contributed by atoms with E-state index in [0.29, 0.717) is 18.1 Å². The molecule has 0 saturated carbocycles. The number of fused-ring (bicyclic) bond motifs is 1. The molecule has 2 amide bonds. The molecule has 126 valence electrons. The molecule has 7 nitrogen and oxygen atoms in total. The number of aromatic nitrogens is 3. The molecular formula is C18H17N5O2. The largest absolute Gasteiger partial charge is 0.488 e. The Morgan fingerprint density at radius 1 is 1.20 bits per heavy atom. The van der Waals surface area contributed by atoms with Crippen molar-refractivity contribution < 1.29 is 9.53 Å². The standard InChI is InChI=1S/C18H17N5O2/c24-18(20-12-14-11-13-5-1-2-7-16(13)25-14)22-15-6-3-8-19-17(15)23-10-4-9-21-23/h1-10,14H,11-12H2,(H2,20,22,24)/t14-/m1/s1. The summed E-state index contributed by atoms with van der Waals surface area (Å²) in [7, 11) is 0. The van der Waals surface area contributed by atoms with Crippen molar-refractivity contribution >= 4 is 11.7 Å². The summed E-state index contributed by atoms with van der Waals surface area (Å²) < 4.78 is 7.42. The van der Waals surface area contributed by atoms with E-state index in [2.05, 4.69) is 20.7 Å². The molecule has 4 rings (SSSR count). The second-order valence-corrected chi connectivity index (χ2v) is 5.71. The molecule has 2 aromatic heterocycles. The topological polar surface area (TPSA) is 81.1 Å². The molecular weight excluding hydrogens is 318 g/mol. The Bertz CT molecular complexity index is 854. The molecule has 0 bridgehead atoms. The number of pyridine rings is 1. The first-order chi connectivity index (χ1) is 12.3. The molecule has 2 N–H and O–H groups in total. The second-order valence-electron chi connectivity index (χ2n) is 5.71. The predicted octanol–water partition coefficient (Wildman–Crippen LogP) is 2.39. The molecule has 0 unspecified atom stereocenters. The number of carbonyl (C=O) groups is 1. The SMILES string of the molecule is O=C(NC[C@H]1Cc2ccccc2O1)Nc1cccnc1-n1cccn1. The monoisotopic (exact) mass is 335 g/mol. The molecule has 0 radical (unpaired) electrons. The van der Waals surface area contributed by atoms with Crippen LogP contribution in [0.15, 0.2) is 61.1 Å². The summed E-state index contributed by atoms with van der Waals surface area (Å²) in [5.41, 5.74) is 1.75. The van der Waals surface area contributed by atoms with Crippen molar-refractivity contribution in [2.24, 2.45) is 0 Å². The molecule has 1 atom stereocenters. The zero-order valence-electron chi connectivity index (χ0n) is 13.4. The van der Waals surface area contributed by atoms with E-state index in [1.54, 1.807) is 41.5 Å². The second kappa shape index (κ2) is 6.64. The van der Waals surface area contributed by atoms with E-state index in [0.717, 1.165) is 12.2 Å². The Morgan fingerprint density at radius 2 is 2.12 bits per heavy atom. The molecule has 3 aromatic rings. The van der Waals surface area contributed by atoms with E-state index in [9.17, 15) is 4.79 Å². The first-order valence-corrected chi connectivity index (χ1v) is 8.04. The Balaban J connectivity index is 1.36. The van der Waals surface area contributed by atoms with Crippen molar-refractivity contribution in [3.8, 4) is 11.6 Å². The quantitative estimate of drug-likeness (QED) is 0.767. The van der Waals surface area contributed by atoms with Crippen LogP contribution in [0.5, 0.6) is 5.75 Å². The molecule has 25 heavy (non-hydrogen) atoms. The van der Waals surface area contributed by atoms with Crippen LogP contribution in [0.2, 0.25) is 0 Å². The maximum atomic E-state index is 12.2. The number of ether oxygens (including phenoxy) is 1. The minimum atomic E-state index is -0.305. The predicted molar refractivity (Wildman–Crippen MR) is 92.9 cm³/mol. The third-order valence-electron chi connectivity index (χ3n) is 3.96. The van der Waals surface area contributed by atoms with Crippen LogP contribution in [-0.4, -0.2) is 33.4 Å². The van der Waals surface area contributed by atoms with Gasteiger partial charge in [0.25, 0.3) is 0 Å². The Labute approximate surface area is 144 Å². The highest BCUT2D eigenvalue weighted by Gasteiger charge is 2.22. The van der Waals surface area contributed by atoms with Gasteiger partial charge in [0.15, 0.2) is 5.82 Å². The first kappa shape index (κ1) is 15.2. The van der Waals surface area contributed by atoms with E-state index in [-0.39, 0.29) is 12.1 Å². The molecule has 0 spiro atoms. The fourth-order valence-corrected chi connectivity index (χ4v) is 2.81. The normalized spacial score (nSPS) is 15.3. The van der Waals surface area contributed by atoms with Gasteiger partial charge in [-0.3, -0.25) is 0 Å². The summed E-state index contributed by atoms with van der Waals surface area (Å²) in [6, 6.07) is 13.0. The lowest BCUT2D eigenvalue weighted by molar-refractivity contribution is 0.219. The van der Waals surface area contributed by atoms with Crippen LogP contribution in [0.4, 0.5) is 10.5 Å². The fourth-order valence-electron chi connectivity index (χ4n) is 2.81. The van der Waals surface area contributed by atoms with Crippen LogP contribution < -0.4 is 15.4 Å². The van der Waals surface area contributed by atoms with Crippen LogP contribution in [-0.2, 0) is 6.42 Å². The summed E-state index contributed by atoms with van der Waals surface area (Å²) in [5, 5.41) is 9.81. The number of hydrogen-bond acceptors (Lipinski definition) is 4. The zero-order valence-corrected chi connectivity index (χ0v) is 13.4. The van der Waals surface area contributed by atoms with Crippen LogP contribution in [0, 0.1) is 0 Å². The lowest BCUT2D eigenvalue weighted by atomic mass is 10.1. The van der Waals surface area contributed by atoms with Gasteiger partial charge >= 0.3 is 6.03 Å². The Kier molecular flexibility index (Phi) is 4.04. The maximum absolute atomic E-state index is 12.2. The van der Waals surface area contributed by atoms with Gasteiger partial charge < -0.3 is 15.4 Å². The van der Waals surface area contributed by atoms with Crippen molar-refractivity contribution in [3.63, 3.8) is 0 Å². The lowest BCUT2D eigenvalue weighted by Crippen LogP contribution is -2.37. The van der Waals surface area contributed by atoms with Crippen molar-refractivity contribution in [2.45, 2.75) is 12.5 Å². The highest BCUT2D eigenvalue weighted by Crippen LogP contribution is 2.27. The highest BCUT2D eigenvalue weighted by atomic mass is 16.5. The van der Waals surface area contributed by atoms with Crippen LogP contribution >= 0.6 is 0 Å². The molecule has 7 heteroatoms. The number of hydrogen-bond donors (Lipinski definition) is 2. The van der Waals surface area contributed by atoms with Gasteiger partial charge in [0.1, 0.15) is 11.9 Å². The van der Waals surface area contributed by atoms with E-state index in [1.165, 1.54) is 5.56 Å². The number of nitrogens with one attached hydrogen (secondary N) is 2. The molecule has 1 aliphatic heterocycles. The average Bonchev–Trinajstić information content (AvgIpc) is 3.30. The van der Waals surface area contributed by atoms with Crippen LogP contribution in [0.1, 0.15) is 5.56 Å². The van der Waals surface area contributed by atoms with Gasteiger partial charge in [-0.05, 0) is 29.8 Å². The molecule has 1 aliphatic rings. The summed E-state index contributed by atoms with van der Waals surface area (Å²) in [6.07, 6.45) is 5.83. The number of urea groups is 1. The summed E-state index contributed by atoms with van der Waals surface area (Å²) in [5.74, 6) is 1.45. The molecule has 1 aromatic carbocycles. The van der Waals surface area contributed by atoms with Gasteiger partial charge in [0.2, 0.25) is 0 Å². The zero-order chi connectivity index (χ0) is 17.1. The van der Waals surface area contributed by atoms with Crippen molar-refractivity contribution in [2.75, 3.05) is 11.9 Å². The van der Waals surface area contributed by atoms with Crippen molar-refractivity contribution in [1.29, 1.82) is 0 Å². The maximum Gasteiger partial charge on any atom is 0.319 e. The molecule has 0 saturated heterocycles. The Hall–Kier alpha value is -3.35. The smallest absolute Gasteiger partial charge is 0.319 e. The number of benzene rings is 1. The van der Waals surface area contributed by atoms with Gasteiger partial charge in [-0.1, -0.05) is 18.2 Å². The van der Waals surface area contributed by atoms with Crippen molar-refractivity contribution in [1.82, 2.24) is 20.1 Å². The first-order valence-electron chi connectivity index (χ1n) is 8.04. The van der Waals surface area contributed by atoms with E-state index in [4.69, 9.17) is 4.74 Å².